The normalized spacial score (nSPS) is 10.4. The molecule has 0 heterocycles. The molecule has 0 atom stereocenters. The second-order valence-electron chi connectivity index (χ2n) is 4.37. The number of rotatable bonds is 5. The third kappa shape index (κ3) is 3.45. The molecule has 2 aromatic rings. The first-order valence-corrected chi connectivity index (χ1v) is 6.30. The van der Waals surface area contributed by atoms with Gasteiger partial charge in [0.05, 0.1) is 7.11 Å². The number of methoxy groups -OCH3 is 1. The van der Waals surface area contributed by atoms with E-state index >= 15 is 0 Å². The highest BCUT2D eigenvalue weighted by atomic mass is 16.5. The van der Waals surface area contributed by atoms with Gasteiger partial charge in [-0.3, -0.25) is 4.79 Å². The number of hydrogen-bond donors (Lipinski definition) is 2. The van der Waals surface area contributed by atoms with Crippen LogP contribution < -0.4 is 15.8 Å². The zero-order valence-corrected chi connectivity index (χ0v) is 11.0. The Bertz CT molecular complexity index is 581. The second kappa shape index (κ2) is 6.20. The maximum atomic E-state index is 11.6. The van der Waals surface area contributed by atoms with Gasteiger partial charge in [0.25, 0.3) is 0 Å². The molecule has 0 unspecified atom stereocenters. The van der Waals surface area contributed by atoms with Crippen molar-refractivity contribution in [1.82, 2.24) is 0 Å². The Morgan fingerprint density at radius 2 is 1.95 bits per heavy atom. The zero-order valence-electron chi connectivity index (χ0n) is 11.0. The van der Waals surface area contributed by atoms with Gasteiger partial charge < -0.3 is 15.8 Å². The lowest BCUT2D eigenvalue weighted by Gasteiger charge is -2.07. The number of nitrogens with one attached hydrogen (secondary N) is 1. The van der Waals surface area contributed by atoms with Gasteiger partial charge in [-0.15, -0.1) is 0 Å². The SMILES string of the molecule is COc1ccc2cc(NC(=O)CCCN)ccc2c1. The lowest BCUT2D eigenvalue weighted by atomic mass is 10.1. The number of nitrogens with two attached hydrogens (primary N) is 1. The highest BCUT2D eigenvalue weighted by molar-refractivity contribution is 5.94. The van der Waals surface area contributed by atoms with Gasteiger partial charge >= 0.3 is 0 Å². The summed E-state index contributed by atoms with van der Waals surface area (Å²) in [4.78, 5) is 11.6. The number of benzene rings is 2. The van der Waals surface area contributed by atoms with Crippen LogP contribution in [0.4, 0.5) is 5.69 Å². The van der Waals surface area contributed by atoms with Crippen molar-refractivity contribution < 1.29 is 9.53 Å². The first-order chi connectivity index (χ1) is 9.22. The maximum Gasteiger partial charge on any atom is 0.224 e. The molecule has 100 valence electrons. The lowest BCUT2D eigenvalue weighted by Crippen LogP contribution is -2.13. The first kappa shape index (κ1) is 13.4. The van der Waals surface area contributed by atoms with E-state index in [0.717, 1.165) is 22.2 Å². The third-order valence-corrected chi connectivity index (χ3v) is 2.94. The van der Waals surface area contributed by atoms with E-state index in [1.165, 1.54) is 0 Å². The van der Waals surface area contributed by atoms with E-state index in [4.69, 9.17) is 10.5 Å². The summed E-state index contributed by atoms with van der Waals surface area (Å²) in [6, 6.07) is 11.7. The van der Waals surface area contributed by atoms with Gasteiger partial charge in [0, 0.05) is 12.1 Å². The van der Waals surface area contributed by atoms with Crippen LogP contribution >= 0.6 is 0 Å². The summed E-state index contributed by atoms with van der Waals surface area (Å²) in [6.45, 7) is 0.533. The van der Waals surface area contributed by atoms with Crippen LogP contribution in [0.1, 0.15) is 12.8 Å². The van der Waals surface area contributed by atoms with Gasteiger partial charge in [-0.2, -0.15) is 0 Å². The van der Waals surface area contributed by atoms with E-state index in [9.17, 15) is 4.79 Å². The lowest BCUT2D eigenvalue weighted by molar-refractivity contribution is -0.116. The molecule has 0 aliphatic heterocycles. The zero-order chi connectivity index (χ0) is 13.7. The van der Waals surface area contributed by atoms with Crippen molar-refractivity contribution in [1.29, 1.82) is 0 Å². The van der Waals surface area contributed by atoms with E-state index in [2.05, 4.69) is 5.32 Å². The molecule has 1 amide bonds. The molecule has 0 spiro atoms. The average molecular weight is 258 g/mol. The predicted octanol–water partition coefficient (Wildman–Crippen LogP) is 2.53. The third-order valence-electron chi connectivity index (χ3n) is 2.94. The summed E-state index contributed by atoms with van der Waals surface area (Å²) in [6.07, 6.45) is 1.16. The summed E-state index contributed by atoms with van der Waals surface area (Å²) in [7, 11) is 1.65. The first-order valence-electron chi connectivity index (χ1n) is 6.30. The minimum absolute atomic E-state index is 0.00156. The molecule has 19 heavy (non-hydrogen) atoms. The molecule has 2 rings (SSSR count). The average Bonchev–Trinajstić information content (AvgIpc) is 2.44. The molecule has 4 heteroatoms. The monoisotopic (exact) mass is 258 g/mol. The molecular formula is C15H18N2O2. The standard InChI is InChI=1S/C15H18N2O2/c1-19-14-7-5-11-9-13(6-4-12(11)10-14)17-15(18)3-2-8-16/h4-7,9-10H,2-3,8,16H2,1H3,(H,17,18). The number of amides is 1. The number of hydrogen-bond acceptors (Lipinski definition) is 3. The Hall–Kier alpha value is -2.07. The Morgan fingerprint density at radius 3 is 2.68 bits per heavy atom. The van der Waals surface area contributed by atoms with Gasteiger partial charge in [-0.1, -0.05) is 12.1 Å². The van der Waals surface area contributed by atoms with Gasteiger partial charge in [0.2, 0.25) is 5.91 Å². The van der Waals surface area contributed by atoms with Crippen molar-refractivity contribution in [3.63, 3.8) is 0 Å². The Morgan fingerprint density at radius 1 is 1.21 bits per heavy atom. The van der Waals surface area contributed by atoms with Crippen molar-refractivity contribution in [2.45, 2.75) is 12.8 Å². The topological polar surface area (TPSA) is 64.3 Å². The molecule has 3 N–H and O–H groups in total. The fraction of sp³-hybridized carbons (Fsp3) is 0.267. The number of fused-ring (bicyclic) bond motifs is 1. The largest absolute Gasteiger partial charge is 0.497 e. The minimum Gasteiger partial charge on any atom is -0.497 e. The molecule has 0 saturated heterocycles. The van der Waals surface area contributed by atoms with Crippen molar-refractivity contribution in [3.8, 4) is 5.75 Å². The van der Waals surface area contributed by atoms with Crippen molar-refractivity contribution in [2.24, 2.45) is 5.73 Å². The summed E-state index contributed by atoms with van der Waals surface area (Å²) >= 11 is 0. The van der Waals surface area contributed by atoms with Gasteiger partial charge in [-0.05, 0) is 48.0 Å². The summed E-state index contributed by atoms with van der Waals surface area (Å²) in [5, 5.41) is 5.02. The molecule has 0 fully saturated rings. The quantitative estimate of drug-likeness (QED) is 0.866. The van der Waals surface area contributed by atoms with Gasteiger partial charge in [0.1, 0.15) is 5.75 Å². The van der Waals surface area contributed by atoms with Crippen LogP contribution in [0, 0.1) is 0 Å². The van der Waals surface area contributed by atoms with Gasteiger partial charge in [-0.25, -0.2) is 0 Å². The smallest absolute Gasteiger partial charge is 0.224 e. The Kier molecular flexibility index (Phi) is 4.36. The van der Waals surface area contributed by atoms with Crippen molar-refractivity contribution >= 4 is 22.4 Å². The van der Waals surface area contributed by atoms with Crippen LogP contribution in [0.2, 0.25) is 0 Å². The van der Waals surface area contributed by atoms with E-state index in [1.54, 1.807) is 7.11 Å². The molecule has 0 aromatic heterocycles. The van der Waals surface area contributed by atoms with Gasteiger partial charge in [0.15, 0.2) is 0 Å². The minimum atomic E-state index is -0.00156. The van der Waals surface area contributed by atoms with Crippen LogP contribution in [0.15, 0.2) is 36.4 Å². The summed E-state index contributed by atoms with van der Waals surface area (Å²) < 4.78 is 5.18. The fourth-order valence-electron chi connectivity index (χ4n) is 1.91. The number of carbonyl (C=O) groups excluding carboxylic acids is 1. The number of ether oxygens (including phenoxy) is 1. The predicted molar refractivity (Wildman–Crippen MR) is 77.4 cm³/mol. The van der Waals surface area contributed by atoms with E-state index in [-0.39, 0.29) is 5.91 Å². The van der Waals surface area contributed by atoms with Crippen LogP contribution in [-0.2, 0) is 4.79 Å². The van der Waals surface area contributed by atoms with Crippen molar-refractivity contribution in [3.05, 3.63) is 36.4 Å². The molecule has 4 nitrogen and oxygen atoms in total. The Labute approximate surface area is 112 Å². The summed E-state index contributed by atoms with van der Waals surface area (Å²) in [5.74, 6) is 0.825. The highest BCUT2D eigenvalue weighted by Crippen LogP contribution is 2.23. The number of anilines is 1. The molecule has 2 aromatic carbocycles. The van der Waals surface area contributed by atoms with E-state index < -0.39 is 0 Å². The molecule has 0 aliphatic rings. The maximum absolute atomic E-state index is 11.6. The Balaban J connectivity index is 2.15. The van der Waals surface area contributed by atoms with Crippen LogP contribution in [0.25, 0.3) is 10.8 Å². The van der Waals surface area contributed by atoms with Crippen LogP contribution in [-0.4, -0.2) is 19.6 Å². The fourth-order valence-corrected chi connectivity index (χ4v) is 1.91. The van der Waals surface area contributed by atoms with Crippen molar-refractivity contribution in [2.75, 3.05) is 19.0 Å². The van der Waals surface area contributed by atoms with E-state index in [0.29, 0.717) is 19.4 Å². The molecular weight excluding hydrogens is 240 g/mol. The molecule has 0 saturated carbocycles. The molecule has 0 bridgehead atoms. The van der Waals surface area contributed by atoms with Crippen LogP contribution in [0.3, 0.4) is 0 Å². The highest BCUT2D eigenvalue weighted by Gasteiger charge is 2.03. The van der Waals surface area contributed by atoms with E-state index in [1.807, 2.05) is 36.4 Å². The second-order valence-corrected chi connectivity index (χ2v) is 4.37. The molecule has 0 aliphatic carbocycles. The number of carbonyl (C=O) groups is 1. The summed E-state index contributed by atoms with van der Waals surface area (Å²) in [5.41, 5.74) is 6.19. The molecule has 0 radical (unpaired) electrons. The van der Waals surface area contributed by atoms with Crippen LogP contribution in [0.5, 0.6) is 5.75 Å².